The van der Waals surface area contributed by atoms with E-state index in [4.69, 9.17) is 23.7 Å². The van der Waals surface area contributed by atoms with E-state index in [-0.39, 0.29) is 25.0 Å². The number of esters is 2. The third kappa shape index (κ3) is 11.5. The smallest absolute Gasteiger partial charge is 0.407 e. The van der Waals surface area contributed by atoms with Crippen molar-refractivity contribution in [3.8, 4) is 0 Å². The Morgan fingerprint density at radius 3 is 2.29 bits per heavy atom. The summed E-state index contributed by atoms with van der Waals surface area (Å²) in [7, 11) is 0. The summed E-state index contributed by atoms with van der Waals surface area (Å²) >= 11 is 0. The average molecular weight is 537 g/mol. The van der Waals surface area contributed by atoms with E-state index >= 15 is 0 Å². The van der Waals surface area contributed by atoms with Crippen LogP contribution in [0.3, 0.4) is 0 Å². The van der Waals surface area contributed by atoms with Crippen molar-refractivity contribution in [2.75, 3.05) is 19.8 Å². The Kier molecular flexibility index (Phi) is 13.6. The van der Waals surface area contributed by atoms with E-state index in [2.05, 4.69) is 10.6 Å². The summed E-state index contributed by atoms with van der Waals surface area (Å²) in [6.07, 6.45) is 0.560. The molecule has 2 N–H and O–H groups in total. The van der Waals surface area contributed by atoms with Gasteiger partial charge in [-0.15, -0.1) is 0 Å². The van der Waals surface area contributed by atoms with Gasteiger partial charge in [0, 0.05) is 39.8 Å². The highest BCUT2D eigenvalue weighted by Gasteiger charge is 2.46. The van der Waals surface area contributed by atoms with Gasteiger partial charge in [-0.05, 0) is 18.4 Å². The average Bonchev–Trinajstić information content (AvgIpc) is 2.87. The highest BCUT2D eigenvalue weighted by Crippen LogP contribution is 2.30. The number of alkyl carbamates (subject to hydrolysis) is 1. The van der Waals surface area contributed by atoms with Crippen LogP contribution in [0.25, 0.3) is 0 Å². The van der Waals surface area contributed by atoms with Crippen molar-refractivity contribution >= 4 is 23.9 Å². The Balaban J connectivity index is 1.74. The van der Waals surface area contributed by atoms with E-state index in [1.807, 2.05) is 37.3 Å². The van der Waals surface area contributed by atoms with Gasteiger partial charge in [-0.25, -0.2) is 4.79 Å². The number of unbranched alkanes of at least 4 members (excludes halogenated alkanes) is 3. The van der Waals surface area contributed by atoms with Crippen LogP contribution in [0.2, 0.25) is 0 Å². The lowest BCUT2D eigenvalue weighted by atomic mass is 9.88. The van der Waals surface area contributed by atoms with Crippen LogP contribution in [0.5, 0.6) is 0 Å². The van der Waals surface area contributed by atoms with Gasteiger partial charge in [0.1, 0.15) is 25.4 Å². The Morgan fingerprint density at radius 1 is 0.921 bits per heavy atom. The molecular weight excluding hydrogens is 496 g/mol. The number of carbonyl (C=O) groups excluding carboxylic acids is 4. The molecule has 0 aromatic heterocycles. The molecule has 212 valence electrons. The van der Waals surface area contributed by atoms with Gasteiger partial charge in [-0.1, -0.05) is 50.1 Å². The maximum absolute atomic E-state index is 11.8. The standard InChI is InChI=1S/C27H40N2O9/c1-18-24(29-19(2)30)26(38-23(17-35-20(3)31)25(18)37-21(4)32)34-15-11-6-5-10-14-28-27(33)36-16-22-12-8-7-9-13-22/h7-9,12-13,18,23-26H,5-6,10-11,14-17H2,1-4H3,(H,28,33)(H,29,30). The topological polar surface area (TPSA) is 138 Å². The Bertz CT molecular complexity index is 894. The van der Waals surface area contributed by atoms with Gasteiger partial charge >= 0.3 is 18.0 Å². The van der Waals surface area contributed by atoms with Crippen LogP contribution < -0.4 is 10.6 Å². The molecule has 0 aliphatic carbocycles. The zero-order valence-corrected chi connectivity index (χ0v) is 22.6. The lowest BCUT2D eigenvalue weighted by Gasteiger charge is -2.44. The first-order valence-corrected chi connectivity index (χ1v) is 13.0. The maximum atomic E-state index is 11.8. The van der Waals surface area contributed by atoms with Crippen LogP contribution in [-0.2, 0) is 44.7 Å². The third-order valence-corrected chi connectivity index (χ3v) is 6.01. The second-order valence-electron chi connectivity index (χ2n) is 9.28. The van der Waals surface area contributed by atoms with Gasteiger partial charge in [0.2, 0.25) is 5.91 Å². The summed E-state index contributed by atoms with van der Waals surface area (Å²) in [6.45, 7) is 6.79. The monoisotopic (exact) mass is 536 g/mol. The molecule has 1 aliphatic rings. The van der Waals surface area contributed by atoms with Gasteiger partial charge in [-0.2, -0.15) is 0 Å². The molecule has 1 fully saturated rings. The van der Waals surface area contributed by atoms with E-state index in [0.717, 1.165) is 31.2 Å². The van der Waals surface area contributed by atoms with Crippen molar-refractivity contribution in [1.82, 2.24) is 10.6 Å². The third-order valence-electron chi connectivity index (χ3n) is 6.01. The normalized spacial score (nSPS) is 22.7. The largest absolute Gasteiger partial charge is 0.463 e. The zero-order valence-electron chi connectivity index (χ0n) is 22.6. The van der Waals surface area contributed by atoms with E-state index in [1.165, 1.54) is 20.8 Å². The van der Waals surface area contributed by atoms with Crippen LogP contribution in [0.1, 0.15) is 58.9 Å². The molecule has 0 spiro atoms. The van der Waals surface area contributed by atoms with Gasteiger partial charge in [0.25, 0.3) is 0 Å². The Labute approximate surface area is 223 Å². The number of nitrogens with one attached hydrogen (secondary N) is 2. The van der Waals surface area contributed by atoms with Gasteiger partial charge in [-0.3, -0.25) is 14.4 Å². The van der Waals surface area contributed by atoms with Crippen LogP contribution in [0, 0.1) is 5.92 Å². The number of hydrogen-bond donors (Lipinski definition) is 2. The number of hydrogen-bond acceptors (Lipinski definition) is 9. The van der Waals surface area contributed by atoms with E-state index in [1.54, 1.807) is 0 Å². The van der Waals surface area contributed by atoms with Crippen molar-refractivity contribution in [1.29, 1.82) is 0 Å². The minimum atomic E-state index is -0.803. The predicted octanol–water partition coefficient (Wildman–Crippen LogP) is 2.85. The Hall–Kier alpha value is -3.18. The molecule has 11 nitrogen and oxygen atoms in total. The van der Waals surface area contributed by atoms with Crippen LogP contribution in [-0.4, -0.2) is 68.2 Å². The molecule has 5 unspecified atom stereocenters. The van der Waals surface area contributed by atoms with Crippen LogP contribution in [0.15, 0.2) is 30.3 Å². The molecule has 1 aromatic rings. The molecule has 1 aliphatic heterocycles. The van der Waals surface area contributed by atoms with Crippen molar-refractivity contribution in [2.45, 2.75) is 84.5 Å². The molecule has 38 heavy (non-hydrogen) atoms. The summed E-state index contributed by atoms with van der Waals surface area (Å²) in [4.78, 5) is 46.6. The maximum Gasteiger partial charge on any atom is 0.407 e. The molecule has 2 amide bonds. The molecule has 1 heterocycles. The first-order chi connectivity index (χ1) is 18.2. The summed E-state index contributed by atoms with van der Waals surface area (Å²) in [5.41, 5.74) is 0.930. The van der Waals surface area contributed by atoms with Gasteiger partial charge < -0.3 is 34.3 Å². The summed E-state index contributed by atoms with van der Waals surface area (Å²) in [6, 6.07) is 8.92. The minimum absolute atomic E-state index is 0.106. The van der Waals surface area contributed by atoms with E-state index in [0.29, 0.717) is 13.2 Å². The molecule has 5 atom stereocenters. The van der Waals surface area contributed by atoms with Gasteiger partial charge in [0.05, 0.1) is 6.04 Å². The molecule has 1 aromatic carbocycles. The number of rotatable bonds is 14. The number of amides is 2. The minimum Gasteiger partial charge on any atom is -0.463 e. The van der Waals surface area contributed by atoms with Crippen molar-refractivity contribution < 1.29 is 42.9 Å². The summed E-state index contributed by atoms with van der Waals surface area (Å²) in [5, 5.41) is 5.57. The highest BCUT2D eigenvalue weighted by molar-refractivity contribution is 5.73. The molecule has 0 saturated carbocycles. The quantitative estimate of drug-likeness (QED) is 0.209. The zero-order chi connectivity index (χ0) is 27.9. The van der Waals surface area contributed by atoms with E-state index in [9.17, 15) is 19.2 Å². The second kappa shape index (κ2) is 16.6. The summed E-state index contributed by atoms with van der Waals surface area (Å²) in [5.74, 6) is -1.61. The predicted molar refractivity (Wildman–Crippen MR) is 137 cm³/mol. The summed E-state index contributed by atoms with van der Waals surface area (Å²) < 4.78 is 27.7. The van der Waals surface area contributed by atoms with Crippen LogP contribution in [0.4, 0.5) is 4.79 Å². The van der Waals surface area contributed by atoms with Crippen molar-refractivity contribution in [3.05, 3.63) is 35.9 Å². The highest BCUT2D eigenvalue weighted by atomic mass is 16.7. The number of benzene rings is 1. The lowest BCUT2D eigenvalue weighted by Crippen LogP contribution is -2.62. The molecule has 2 rings (SSSR count). The fourth-order valence-electron chi connectivity index (χ4n) is 4.16. The first kappa shape index (κ1) is 31.0. The molecule has 0 radical (unpaired) electrons. The first-order valence-electron chi connectivity index (χ1n) is 13.0. The van der Waals surface area contributed by atoms with E-state index < -0.39 is 42.6 Å². The van der Waals surface area contributed by atoms with Crippen molar-refractivity contribution in [3.63, 3.8) is 0 Å². The Morgan fingerprint density at radius 2 is 1.63 bits per heavy atom. The molecule has 0 bridgehead atoms. The molecule has 1 saturated heterocycles. The lowest BCUT2D eigenvalue weighted by molar-refractivity contribution is -0.262. The fraction of sp³-hybridized carbons (Fsp3) is 0.630. The molecular formula is C27H40N2O9. The van der Waals surface area contributed by atoms with Crippen LogP contribution >= 0.6 is 0 Å². The van der Waals surface area contributed by atoms with Crippen molar-refractivity contribution in [2.24, 2.45) is 5.92 Å². The SMILES string of the molecule is CC(=O)NC1C(OCCCCCCNC(=O)OCc2ccccc2)OC(COC(C)=O)C(OC(C)=O)C1C. The number of ether oxygens (including phenoxy) is 5. The fourth-order valence-corrected chi connectivity index (χ4v) is 4.16. The van der Waals surface area contributed by atoms with Gasteiger partial charge in [0.15, 0.2) is 6.29 Å². The molecule has 11 heteroatoms. The number of carbonyl (C=O) groups is 4. The second-order valence-corrected chi connectivity index (χ2v) is 9.28.